The average molecular weight is 401 g/mol. The van der Waals surface area contributed by atoms with Crippen LogP contribution in [0.4, 0.5) is 0 Å². The molecule has 0 atom stereocenters. The maximum Gasteiger partial charge on any atom is 0.305 e. The molecular formula is C24H48O4. The van der Waals surface area contributed by atoms with Crippen molar-refractivity contribution >= 4 is 11.9 Å². The molecule has 0 aromatic carbocycles. The summed E-state index contributed by atoms with van der Waals surface area (Å²) in [7, 11) is 1.43. The lowest BCUT2D eigenvalue weighted by Gasteiger charge is -2.04. The zero-order chi connectivity index (χ0) is 21.3. The van der Waals surface area contributed by atoms with E-state index in [1.165, 1.54) is 77.7 Å². The maximum atomic E-state index is 11.4. The largest absolute Gasteiger partial charge is 0.469 e. The summed E-state index contributed by atoms with van der Waals surface area (Å²) >= 11 is 0. The third-order valence-corrected chi connectivity index (χ3v) is 4.71. The Bertz CT molecular complexity index is 329. The van der Waals surface area contributed by atoms with Crippen LogP contribution in [0.3, 0.4) is 0 Å². The first-order valence-corrected chi connectivity index (χ1v) is 11.8. The SMILES string of the molecule is CCCCCCC(=O)OC.CCCCCCCCOC(=O)CCCCCCC. The fourth-order valence-electron chi connectivity index (χ4n) is 2.81. The van der Waals surface area contributed by atoms with Gasteiger partial charge in [-0.1, -0.05) is 97.8 Å². The highest BCUT2D eigenvalue weighted by Gasteiger charge is 2.02. The van der Waals surface area contributed by atoms with Gasteiger partial charge >= 0.3 is 11.9 Å². The number of ether oxygens (including phenoxy) is 2. The van der Waals surface area contributed by atoms with E-state index < -0.39 is 0 Å². The third kappa shape index (κ3) is 27.2. The molecule has 0 fully saturated rings. The quantitative estimate of drug-likeness (QED) is 0.178. The van der Waals surface area contributed by atoms with Gasteiger partial charge in [-0.25, -0.2) is 0 Å². The molecule has 0 amide bonds. The normalized spacial score (nSPS) is 10.1. The molecule has 0 radical (unpaired) electrons. The Morgan fingerprint density at radius 3 is 1.43 bits per heavy atom. The van der Waals surface area contributed by atoms with Crippen molar-refractivity contribution in [3.8, 4) is 0 Å². The van der Waals surface area contributed by atoms with E-state index in [2.05, 4.69) is 25.5 Å². The highest BCUT2D eigenvalue weighted by molar-refractivity contribution is 5.69. The van der Waals surface area contributed by atoms with Crippen LogP contribution in [0.15, 0.2) is 0 Å². The first-order valence-electron chi connectivity index (χ1n) is 11.8. The summed E-state index contributed by atoms with van der Waals surface area (Å²) in [5.74, 6) is -0.0869. The summed E-state index contributed by atoms with van der Waals surface area (Å²) in [5.41, 5.74) is 0. The molecule has 0 aliphatic rings. The van der Waals surface area contributed by atoms with Crippen molar-refractivity contribution < 1.29 is 19.1 Å². The predicted molar refractivity (Wildman–Crippen MR) is 118 cm³/mol. The Morgan fingerprint density at radius 2 is 0.929 bits per heavy atom. The molecule has 0 aliphatic carbocycles. The number of unbranched alkanes of at least 4 members (excludes halogenated alkanes) is 12. The first kappa shape index (κ1) is 29.1. The Morgan fingerprint density at radius 1 is 0.536 bits per heavy atom. The first-order chi connectivity index (χ1) is 13.6. The van der Waals surface area contributed by atoms with Crippen LogP contribution < -0.4 is 0 Å². The molecular weight excluding hydrogens is 352 g/mol. The van der Waals surface area contributed by atoms with Crippen molar-refractivity contribution in [1.82, 2.24) is 0 Å². The topological polar surface area (TPSA) is 52.6 Å². The van der Waals surface area contributed by atoms with Gasteiger partial charge in [0, 0.05) is 12.8 Å². The summed E-state index contributed by atoms with van der Waals surface area (Å²) in [6.07, 6.45) is 19.1. The fraction of sp³-hybridized carbons (Fsp3) is 0.917. The minimum atomic E-state index is -0.0869. The molecule has 0 unspecified atom stereocenters. The summed E-state index contributed by atoms with van der Waals surface area (Å²) in [4.78, 5) is 21.9. The number of hydrogen-bond donors (Lipinski definition) is 0. The molecule has 0 heterocycles. The van der Waals surface area contributed by atoms with E-state index in [1.807, 2.05) is 0 Å². The molecule has 0 N–H and O–H groups in total. The van der Waals surface area contributed by atoms with E-state index >= 15 is 0 Å². The van der Waals surface area contributed by atoms with Crippen molar-refractivity contribution in [2.24, 2.45) is 0 Å². The van der Waals surface area contributed by atoms with Gasteiger partial charge in [0.1, 0.15) is 0 Å². The van der Waals surface area contributed by atoms with E-state index in [4.69, 9.17) is 4.74 Å². The smallest absolute Gasteiger partial charge is 0.305 e. The highest BCUT2D eigenvalue weighted by atomic mass is 16.5. The van der Waals surface area contributed by atoms with Gasteiger partial charge in [-0.3, -0.25) is 9.59 Å². The van der Waals surface area contributed by atoms with Crippen LogP contribution in [-0.2, 0) is 19.1 Å². The Labute approximate surface area is 175 Å². The van der Waals surface area contributed by atoms with Gasteiger partial charge in [0.25, 0.3) is 0 Å². The van der Waals surface area contributed by atoms with E-state index in [0.29, 0.717) is 19.4 Å². The van der Waals surface area contributed by atoms with Crippen LogP contribution in [0.1, 0.15) is 130 Å². The third-order valence-electron chi connectivity index (χ3n) is 4.71. The van der Waals surface area contributed by atoms with E-state index in [0.717, 1.165) is 25.7 Å². The van der Waals surface area contributed by atoms with Crippen molar-refractivity contribution in [2.45, 2.75) is 130 Å². The Kier molecular flexibility index (Phi) is 27.0. The van der Waals surface area contributed by atoms with Gasteiger partial charge in [0.15, 0.2) is 0 Å². The Balaban J connectivity index is 0. The zero-order valence-corrected chi connectivity index (χ0v) is 19.4. The van der Waals surface area contributed by atoms with E-state index in [1.54, 1.807) is 0 Å². The molecule has 0 spiro atoms. The van der Waals surface area contributed by atoms with Gasteiger partial charge in [-0.15, -0.1) is 0 Å². The number of carbonyl (C=O) groups excluding carboxylic acids is 2. The molecule has 0 aromatic heterocycles. The average Bonchev–Trinajstić information content (AvgIpc) is 2.70. The van der Waals surface area contributed by atoms with E-state index in [-0.39, 0.29) is 11.9 Å². The van der Waals surface area contributed by atoms with Crippen molar-refractivity contribution in [2.75, 3.05) is 13.7 Å². The number of hydrogen-bond acceptors (Lipinski definition) is 4. The monoisotopic (exact) mass is 400 g/mol. The van der Waals surface area contributed by atoms with Gasteiger partial charge in [-0.05, 0) is 19.3 Å². The summed E-state index contributed by atoms with van der Waals surface area (Å²) in [6, 6.07) is 0. The van der Waals surface area contributed by atoms with Crippen LogP contribution in [0, 0.1) is 0 Å². The van der Waals surface area contributed by atoms with E-state index in [9.17, 15) is 9.59 Å². The van der Waals surface area contributed by atoms with Crippen molar-refractivity contribution in [3.05, 3.63) is 0 Å². The number of carbonyl (C=O) groups is 2. The van der Waals surface area contributed by atoms with Crippen LogP contribution in [0.25, 0.3) is 0 Å². The summed E-state index contributed by atoms with van der Waals surface area (Å²) in [5, 5.41) is 0. The second kappa shape index (κ2) is 25.9. The van der Waals surface area contributed by atoms with Gasteiger partial charge in [0.2, 0.25) is 0 Å². The number of esters is 2. The lowest BCUT2D eigenvalue weighted by atomic mass is 10.1. The summed E-state index contributed by atoms with van der Waals surface area (Å²) < 4.78 is 9.71. The van der Waals surface area contributed by atoms with Gasteiger partial charge in [0.05, 0.1) is 13.7 Å². The minimum Gasteiger partial charge on any atom is -0.469 e. The maximum absolute atomic E-state index is 11.4. The van der Waals surface area contributed by atoms with Gasteiger partial charge in [-0.2, -0.15) is 0 Å². The standard InChI is InChI=1S/C16H32O2.C8H16O2/c1-3-5-7-9-11-13-15-18-16(17)14-12-10-8-6-4-2;1-3-4-5-6-7-8(9)10-2/h3-15H2,1-2H3;3-7H2,1-2H3. The molecule has 0 saturated carbocycles. The van der Waals surface area contributed by atoms with Gasteiger partial charge < -0.3 is 9.47 Å². The minimum absolute atomic E-state index is 0.0000525. The molecule has 0 saturated heterocycles. The molecule has 0 bridgehead atoms. The lowest BCUT2D eigenvalue weighted by Crippen LogP contribution is -2.05. The molecule has 0 aliphatic heterocycles. The van der Waals surface area contributed by atoms with Crippen molar-refractivity contribution in [1.29, 1.82) is 0 Å². The summed E-state index contributed by atoms with van der Waals surface area (Å²) in [6.45, 7) is 7.20. The second-order valence-electron chi connectivity index (χ2n) is 7.54. The highest BCUT2D eigenvalue weighted by Crippen LogP contribution is 2.07. The van der Waals surface area contributed by atoms with Crippen LogP contribution in [0.5, 0.6) is 0 Å². The van der Waals surface area contributed by atoms with Crippen molar-refractivity contribution in [3.63, 3.8) is 0 Å². The number of methoxy groups -OCH3 is 1. The molecule has 0 rings (SSSR count). The molecule has 28 heavy (non-hydrogen) atoms. The van der Waals surface area contributed by atoms with Crippen LogP contribution in [0.2, 0.25) is 0 Å². The second-order valence-corrected chi connectivity index (χ2v) is 7.54. The molecule has 0 aromatic rings. The van der Waals surface area contributed by atoms with Crippen LogP contribution in [-0.4, -0.2) is 25.7 Å². The lowest BCUT2D eigenvalue weighted by molar-refractivity contribution is -0.144. The molecule has 4 heteroatoms. The fourth-order valence-corrected chi connectivity index (χ4v) is 2.81. The predicted octanol–water partition coefficient (Wildman–Crippen LogP) is 7.38. The molecule has 168 valence electrons. The molecule has 4 nitrogen and oxygen atoms in total. The zero-order valence-electron chi connectivity index (χ0n) is 19.4. The van der Waals surface area contributed by atoms with Crippen LogP contribution >= 0.6 is 0 Å². The Hall–Kier alpha value is -1.06. The number of rotatable bonds is 18.